The Morgan fingerprint density at radius 1 is 1.32 bits per heavy atom. The third kappa shape index (κ3) is 6.05. The van der Waals surface area contributed by atoms with E-state index in [1.807, 2.05) is 19.1 Å². The van der Waals surface area contributed by atoms with Crippen molar-refractivity contribution < 1.29 is 4.79 Å². The van der Waals surface area contributed by atoms with E-state index in [1.54, 1.807) is 12.1 Å². The first-order chi connectivity index (χ1) is 9.15. The van der Waals surface area contributed by atoms with Gasteiger partial charge in [0.25, 0.3) is 0 Å². The van der Waals surface area contributed by atoms with Crippen LogP contribution in [0.15, 0.2) is 24.3 Å². The number of carbonyl (C=O) groups excluding carboxylic acids is 1. The molecule has 0 bridgehead atoms. The van der Waals surface area contributed by atoms with Crippen LogP contribution in [0, 0.1) is 11.3 Å². The van der Waals surface area contributed by atoms with Crippen LogP contribution in [0.4, 0.5) is 0 Å². The fourth-order valence-electron chi connectivity index (χ4n) is 1.98. The predicted octanol–water partition coefficient (Wildman–Crippen LogP) is 3.19. The molecule has 19 heavy (non-hydrogen) atoms. The Morgan fingerprint density at radius 3 is 2.58 bits per heavy atom. The van der Waals surface area contributed by atoms with Gasteiger partial charge in [-0.3, -0.25) is 4.79 Å². The van der Waals surface area contributed by atoms with Gasteiger partial charge in [0.05, 0.1) is 18.1 Å². The molecule has 1 N–H and O–H groups in total. The normalized spacial score (nSPS) is 11.6. The molecule has 0 spiro atoms. The quantitative estimate of drug-likeness (QED) is 0.764. The van der Waals surface area contributed by atoms with E-state index in [1.165, 1.54) is 12.8 Å². The molecule has 0 aliphatic carbocycles. The summed E-state index contributed by atoms with van der Waals surface area (Å²) in [4.78, 5) is 11.8. The second-order valence-corrected chi connectivity index (χ2v) is 4.95. The summed E-state index contributed by atoms with van der Waals surface area (Å²) in [6.07, 6.45) is 4.99. The average molecular weight is 258 g/mol. The molecule has 0 aliphatic heterocycles. The van der Waals surface area contributed by atoms with Gasteiger partial charge in [-0.15, -0.1) is 0 Å². The number of nitrogens with zero attached hydrogens (tertiary/aromatic N) is 1. The van der Waals surface area contributed by atoms with E-state index in [0.717, 1.165) is 18.4 Å². The summed E-state index contributed by atoms with van der Waals surface area (Å²) in [6, 6.07) is 9.45. The highest BCUT2D eigenvalue weighted by atomic mass is 16.1. The van der Waals surface area contributed by atoms with Crippen molar-refractivity contribution in [2.45, 2.75) is 52.0 Å². The van der Waals surface area contributed by atoms with Crippen molar-refractivity contribution in [3.63, 3.8) is 0 Å². The minimum Gasteiger partial charge on any atom is -0.353 e. The number of nitrogens with one attached hydrogen (secondary N) is 1. The van der Waals surface area contributed by atoms with Gasteiger partial charge in [0, 0.05) is 6.04 Å². The fraction of sp³-hybridized carbons (Fsp3) is 0.500. The van der Waals surface area contributed by atoms with Crippen molar-refractivity contribution in [1.82, 2.24) is 5.32 Å². The predicted molar refractivity (Wildman–Crippen MR) is 76.6 cm³/mol. The molecule has 1 aromatic carbocycles. The van der Waals surface area contributed by atoms with Gasteiger partial charge in [-0.2, -0.15) is 5.26 Å². The summed E-state index contributed by atoms with van der Waals surface area (Å²) in [5.41, 5.74) is 1.56. The van der Waals surface area contributed by atoms with Crippen LogP contribution in [-0.4, -0.2) is 11.9 Å². The van der Waals surface area contributed by atoms with Crippen LogP contribution in [0.3, 0.4) is 0 Å². The third-order valence-electron chi connectivity index (χ3n) is 3.10. The van der Waals surface area contributed by atoms with Crippen LogP contribution in [0.25, 0.3) is 0 Å². The molecule has 102 valence electrons. The Labute approximate surface area is 115 Å². The molecule has 1 rings (SSSR count). The fourth-order valence-corrected chi connectivity index (χ4v) is 1.98. The lowest BCUT2D eigenvalue weighted by Gasteiger charge is -2.13. The highest BCUT2D eigenvalue weighted by molar-refractivity contribution is 5.78. The van der Waals surface area contributed by atoms with Crippen molar-refractivity contribution in [3.8, 4) is 6.07 Å². The molecule has 0 radical (unpaired) electrons. The van der Waals surface area contributed by atoms with Gasteiger partial charge >= 0.3 is 0 Å². The van der Waals surface area contributed by atoms with Crippen LogP contribution in [0.5, 0.6) is 0 Å². The average Bonchev–Trinajstić information content (AvgIpc) is 2.39. The van der Waals surface area contributed by atoms with Crippen molar-refractivity contribution in [1.29, 1.82) is 5.26 Å². The summed E-state index contributed by atoms with van der Waals surface area (Å²) in [6.45, 7) is 4.22. The summed E-state index contributed by atoms with van der Waals surface area (Å²) in [7, 11) is 0. The van der Waals surface area contributed by atoms with Gasteiger partial charge in [-0.05, 0) is 31.0 Å². The highest BCUT2D eigenvalue weighted by Gasteiger charge is 2.07. The molecule has 0 saturated carbocycles. The molecule has 0 aromatic heterocycles. The van der Waals surface area contributed by atoms with E-state index in [9.17, 15) is 4.79 Å². The molecule has 1 atom stereocenters. The molecule has 0 heterocycles. The summed E-state index contributed by atoms with van der Waals surface area (Å²) >= 11 is 0. The second kappa shape index (κ2) is 8.31. The largest absolute Gasteiger partial charge is 0.353 e. The number of rotatable bonds is 7. The molecular weight excluding hydrogens is 236 g/mol. The Bertz CT molecular complexity index is 431. The maximum atomic E-state index is 11.8. The number of benzene rings is 1. The number of hydrogen-bond donors (Lipinski definition) is 1. The Hall–Kier alpha value is -1.82. The van der Waals surface area contributed by atoms with Gasteiger partial charge in [-0.25, -0.2) is 0 Å². The SMILES string of the molecule is CCCCCC(C)NC(=O)Cc1ccc(C#N)cc1. The van der Waals surface area contributed by atoms with Crippen molar-refractivity contribution in [2.75, 3.05) is 0 Å². The van der Waals surface area contributed by atoms with Crippen molar-refractivity contribution >= 4 is 5.91 Å². The minimum atomic E-state index is 0.0497. The van der Waals surface area contributed by atoms with E-state index in [0.29, 0.717) is 12.0 Å². The molecule has 1 amide bonds. The summed E-state index contributed by atoms with van der Waals surface area (Å²) in [5, 5.41) is 11.7. The van der Waals surface area contributed by atoms with Gasteiger partial charge < -0.3 is 5.32 Å². The standard InChI is InChI=1S/C16H22N2O/c1-3-4-5-6-13(2)18-16(19)11-14-7-9-15(12-17)10-8-14/h7-10,13H,3-6,11H2,1-2H3,(H,18,19). The van der Waals surface area contributed by atoms with Crippen molar-refractivity contribution in [2.24, 2.45) is 0 Å². The lowest BCUT2D eigenvalue weighted by molar-refractivity contribution is -0.121. The van der Waals surface area contributed by atoms with Crippen LogP contribution >= 0.6 is 0 Å². The van der Waals surface area contributed by atoms with E-state index in [-0.39, 0.29) is 11.9 Å². The monoisotopic (exact) mass is 258 g/mol. The van der Waals surface area contributed by atoms with Crippen LogP contribution in [0.2, 0.25) is 0 Å². The molecule has 1 unspecified atom stereocenters. The smallest absolute Gasteiger partial charge is 0.224 e. The number of unbranched alkanes of at least 4 members (excludes halogenated alkanes) is 2. The lowest BCUT2D eigenvalue weighted by Crippen LogP contribution is -2.33. The first-order valence-corrected chi connectivity index (χ1v) is 6.94. The van der Waals surface area contributed by atoms with Crippen LogP contribution < -0.4 is 5.32 Å². The molecule has 1 aromatic rings. The Balaban J connectivity index is 2.35. The van der Waals surface area contributed by atoms with Gasteiger partial charge in [0.15, 0.2) is 0 Å². The maximum Gasteiger partial charge on any atom is 0.224 e. The van der Waals surface area contributed by atoms with E-state index in [2.05, 4.69) is 18.3 Å². The molecule has 3 heteroatoms. The van der Waals surface area contributed by atoms with Crippen LogP contribution in [0.1, 0.15) is 50.7 Å². The highest BCUT2D eigenvalue weighted by Crippen LogP contribution is 2.06. The lowest BCUT2D eigenvalue weighted by atomic mass is 10.1. The van der Waals surface area contributed by atoms with Crippen LogP contribution in [-0.2, 0) is 11.2 Å². The van der Waals surface area contributed by atoms with Gasteiger partial charge in [0.1, 0.15) is 0 Å². The zero-order chi connectivity index (χ0) is 14.1. The molecule has 0 fully saturated rings. The second-order valence-electron chi connectivity index (χ2n) is 4.95. The number of carbonyl (C=O) groups is 1. The number of hydrogen-bond acceptors (Lipinski definition) is 2. The van der Waals surface area contributed by atoms with E-state index < -0.39 is 0 Å². The van der Waals surface area contributed by atoms with E-state index >= 15 is 0 Å². The Morgan fingerprint density at radius 2 is 2.00 bits per heavy atom. The summed E-state index contributed by atoms with van der Waals surface area (Å²) in [5.74, 6) is 0.0497. The zero-order valence-corrected chi connectivity index (χ0v) is 11.8. The maximum absolute atomic E-state index is 11.8. The molecule has 0 saturated heterocycles. The first-order valence-electron chi connectivity index (χ1n) is 6.94. The van der Waals surface area contributed by atoms with Gasteiger partial charge in [-0.1, -0.05) is 38.3 Å². The summed E-state index contributed by atoms with van der Waals surface area (Å²) < 4.78 is 0. The zero-order valence-electron chi connectivity index (χ0n) is 11.8. The third-order valence-corrected chi connectivity index (χ3v) is 3.10. The topological polar surface area (TPSA) is 52.9 Å². The molecule has 0 aliphatic rings. The minimum absolute atomic E-state index is 0.0497. The van der Waals surface area contributed by atoms with Crippen molar-refractivity contribution in [3.05, 3.63) is 35.4 Å². The molecule has 3 nitrogen and oxygen atoms in total. The molecular formula is C16H22N2O. The Kier molecular flexibility index (Phi) is 6.67. The first kappa shape index (κ1) is 15.2. The van der Waals surface area contributed by atoms with E-state index in [4.69, 9.17) is 5.26 Å². The number of amides is 1. The number of nitriles is 1. The van der Waals surface area contributed by atoms with Gasteiger partial charge in [0.2, 0.25) is 5.91 Å².